The number of nitrogens with zero attached hydrogens (tertiary/aromatic N) is 2. The first-order valence-electron chi connectivity index (χ1n) is 8.47. The van der Waals surface area contributed by atoms with Crippen molar-refractivity contribution in [3.63, 3.8) is 0 Å². The van der Waals surface area contributed by atoms with Gasteiger partial charge in [-0.2, -0.15) is 17.5 Å². The molecule has 0 aliphatic heterocycles. The molecular weight excluding hydrogens is 397 g/mol. The third kappa shape index (κ3) is 4.02. The molecule has 1 aliphatic carbocycles. The number of nitro groups is 1. The minimum absolute atomic E-state index is 0.135. The van der Waals surface area contributed by atoms with Crippen LogP contribution in [-0.2, 0) is 16.2 Å². The second-order valence-corrected chi connectivity index (χ2v) is 8.46. The molecule has 28 heavy (non-hydrogen) atoms. The molecule has 1 saturated carbocycles. The Morgan fingerprint density at radius 2 is 1.75 bits per heavy atom. The molecule has 0 unspecified atom stereocenters. The van der Waals surface area contributed by atoms with Gasteiger partial charge in [-0.15, -0.1) is 0 Å². The van der Waals surface area contributed by atoms with Gasteiger partial charge in [0.05, 0.1) is 15.4 Å². The first-order chi connectivity index (χ1) is 13.0. The average molecular weight is 414 g/mol. The van der Waals surface area contributed by atoms with Crippen molar-refractivity contribution in [1.29, 1.82) is 0 Å². The van der Waals surface area contributed by atoms with Crippen molar-refractivity contribution in [2.75, 3.05) is 0 Å². The van der Waals surface area contributed by atoms with E-state index in [2.05, 4.69) is 0 Å². The highest BCUT2D eigenvalue weighted by atomic mass is 32.2. The monoisotopic (exact) mass is 414 g/mol. The molecule has 6 nitrogen and oxygen atoms in total. The van der Waals surface area contributed by atoms with E-state index in [-0.39, 0.29) is 22.2 Å². The van der Waals surface area contributed by atoms with Crippen LogP contribution in [0.4, 0.5) is 18.9 Å². The fraction of sp³-hybridized carbons (Fsp3) is 0.333. The molecule has 2 aromatic rings. The second-order valence-electron chi connectivity index (χ2n) is 6.62. The first kappa shape index (κ1) is 20.3. The molecule has 1 atom stereocenters. The minimum atomic E-state index is -4.53. The van der Waals surface area contributed by atoms with Crippen molar-refractivity contribution in [2.24, 2.45) is 0 Å². The van der Waals surface area contributed by atoms with Crippen molar-refractivity contribution in [2.45, 2.75) is 42.9 Å². The zero-order valence-corrected chi connectivity index (χ0v) is 15.6. The van der Waals surface area contributed by atoms with E-state index < -0.39 is 32.7 Å². The summed E-state index contributed by atoms with van der Waals surface area (Å²) in [6, 6.07) is 7.91. The van der Waals surface area contributed by atoms with E-state index in [0.29, 0.717) is 12.8 Å². The molecule has 3 rings (SSSR count). The number of benzene rings is 2. The lowest BCUT2D eigenvalue weighted by Gasteiger charge is -2.29. The Labute approximate surface area is 159 Å². The smallest absolute Gasteiger partial charge is 0.258 e. The molecule has 0 spiro atoms. The molecule has 0 radical (unpaired) electrons. The van der Waals surface area contributed by atoms with Gasteiger partial charge in [-0.05, 0) is 49.6 Å². The summed E-state index contributed by atoms with van der Waals surface area (Å²) in [5, 5.41) is 10.8. The number of non-ortho nitro benzene ring substituents is 1. The molecule has 0 N–H and O–H groups in total. The fourth-order valence-corrected chi connectivity index (χ4v) is 4.90. The van der Waals surface area contributed by atoms with Gasteiger partial charge in [-0.3, -0.25) is 10.1 Å². The summed E-state index contributed by atoms with van der Waals surface area (Å²) in [5.74, 6) is 0. The average Bonchev–Trinajstić information content (AvgIpc) is 3.46. The van der Waals surface area contributed by atoms with Crippen molar-refractivity contribution < 1.29 is 26.5 Å². The van der Waals surface area contributed by atoms with Crippen LogP contribution in [0.1, 0.15) is 36.9 Å². The van der Waals surface area contributed by atoms with E-state index in [0.717, 1.165) is 36.4 Å². The van der Waals surface area contributed by atoms with Crippen LogP contribution in [0.15, 0.2) is 53.4 Å². The maximum absolute atomic E-state index is 13.1. The summed E-state index contributed by atoms with van der Waals surface area (Å²) in [4.78, 5) is 10.0. The van der Waals surface area contributed by atoms with Gasteiger partial charge < -0.3 is 0 Å². The molecule has 0 bridgehead atoms. The lowest BCUT2D eigenvalue weighted by Crippen LogP contribution is -2.35. The maximum atomic E-state index is 13.1. The van der Waals surface area contributed by atoms with Crippen LogP contribution in [0.25, 0.3) is 0 Å². The quantitative estimate of drug-likeness (QED) is 0.514. The van der Waals surface area contributed by atoms with E-state index in [1.54, 1.807) is 0 Å². The maximum Gasteiger partial charge on any atom is 0.416 e. The topological polar surface area (TPSA) is 80.5 Å². The van der Waals surface area contributed by atoms with Gasteiger partial charge in [0.15, 0.2) is 0 Å². The Kier molecular flexibility index (Phi) is 5.20. The summed E-state index contributed by atoms with van der Waals surface area (Å²) < 4.78 is 66.5. The van der Waals surface area contributed by atoms with Crippen LogP contribution in [0.5, 0.6) is 0 Å². The molecule has 0 aromatic heterocycles. The van der Waals surface area contributed by atoms with E-state index in [1.807, 2.05) is 0 Å². The Bertz CT molecular complexity index is 987. The zero-order valence-electron chi connectivity index (χ0n) is 14.8. The van der Waals surface area contributed by atoms with Gasteiger partial charge in [0, 0.05) is 24.2 Å². The molecule has 1 fully saturated rings. The number of nitro benzene ring substituents is 1. The SMILES string of the molecule is C[C@H](c1cccc(C(F)(F)F)c1)N(C1CC1)S(=O)(=O)c1ccc([N+](=O)[O-])cc1. The highest BCUT2D eigenvalue weighted by Gasteiger charge is 2.42. The van der Waals surface area contributed by atoms with E-state index in [1.165, 1.54) is 23.4 Å². The first-order valence-corrected chi connectivity index (χ1v) is 9.91. The van der Waals surface area contributed by atoms with Gasteiger partial charge in [0.25, 0.3) is 5.69 Å². The molecule has 0 heterocycles. The lowest BCUT2D eigenvalue weighted by atomic mass is 10.0. The van der Waals surface area contributed by atoms with Gasteiger partial charge in [-0.1, -0.05) is 12.1 Å². The molecule has 1 aliphatic rings. The van der Waals surface area contributed by atoms with Crippen LogP contribution in [0.3, 0.4) is 0 Å². The van der Waals surface area contributed by atoms with E-state index >= 15 is 0 Å². The summed E-state index contributed by atoms with van der Waals surface area (Å²) >= 11 is 0. The van der Waals surface area contributed by atoms with Crippen LogP contribution >= 0.6 is 0 Å². The predicted molar refractivity (Wildman–Crippen MR) is 95.0 cm³/mol. The van der Waals surface area contributed by atoms with Crippen molar-refractivity contribution in [3.05, 3.63) is 69.8 Å². The molecule has 150 valence electrons. The number of alkyl halides is 3. The molecule has 0 amide bonds. The van der Waals surface area contributed by atoms with E-state index in [4.69, 9.17) is 0 Å². The van der Waals surface area contributed by atoms with Crippen LogP contribution < -0.4 is 0 Å². The number of halogens is 3. The van der Waals surface area contributed by atoms with Crippen molar-refractivity contribution >= 4 is 15.7 Å². The lowest BCUT2D eigenvalue weighted by molar-refractivity contribution is -0.384. The third-order valence-electron chi connectivity index (χ3n) is 4.61. The second kappa shape index (κ2) is 7.17. The van der Waals surface area contributed by atoms with Gasteiger partial charge in [0.1, 0.15) is 0 Å². The zero-order chi connectivity index (χ0) is 20.7. The largest absolute Gasteiger partial charge is 0.416 e. The minimum Gasteiger partial charge on any atom is -0.258 e. The normalized spacial score (nSPS) is 16.2. The Morgan fingerprint density at radius 1 is 1.14 bits per heavy atom. The highest BCUT2D eigenvalue weighted by Crippen LogP contribution is 2.40. The van der Waals surface area contributed by atoms with E-state index in [9.17, 15) is 31.7 Å². The summed E-state index contributed by atoms with van der Waals surface area (Å²) in [6.07, 6.45) is -3.32. The van der Waals surface area contributed by atoms with Crippen LogP contribution in [0.2, 0.25) is 0 Å². The van der Waals surface area contributed by atoms with Gasteiger partial charge >= 0.3 is 6.18 Å². The fourth-order valence-electron chi connectivity index (χ4n) is 3.03. The number of hydrogen-bond donors (Lipinski definition) is 0. The summed E-state index contributed by atoms with van der Waals surface area (Å²) in [7, 11) is -4.05. The van der Waals surface area contributed by atoms with Gasteiger partial charge in [-0.25, -0.2) is 8.42 Å². The van der Waals surface area contributed by atoms with Crippen LogP contribution in [0, 0.1) is 10.1 Å². The third-order valence-corrected chi connectivity index (χ3v) is 6.65. The molecule has 10 heteroatoms. The molecular formula is C18H17F3N2O4S. The number of sulfonamides is 1. The summed E-state index contributed by atoms with van der Waals surface area (Å²) in [5.41, 5.74) is -0.865. The Hall–Kier alpha value is -2.46. The predicted octanol–water partition coefficient (Wildman–Crippen LogP) is 4.53. The highest BCUT2D eigenvalue weighted by molar-refractivity contribution is 7.89. The van der Waals surface area contributed by atoms with Crippen molar-refractivity contribution in [3.8, 4) is 0 Å². The van der Waals surface area contributed by atoms with Gasteiger partial charge in [0.2, 0.25) is 10.0 Å². The summed E-state index contributed by atoms with van der Waals surface area (Å²) in [6.45, 7) is 1.54. The Balaban J connectivity index is 1.98. The standard InChI is InChI=1S/C18H17F3N2O4S/c1-12(13-3-2-4-14(11-13)18(19,20)21)22(15-5-6-15)28(26,27)17-9-7-16(8-10-17)23(24)25/h2-4,7-12,15H,5-6H2,1H3/t12-/m1/s1. The molecule has 2 aromatic carbocycles. The molecule has 0 saturated heterocycles. The van der Waals surface area contributed by atoms with Crippen LogP contribution in [-0.4, -0.2) is 23.7 Å². The van der Waals surface area contributed by atoms with Crippen molar-refractivity contribution in [1.82, 2.24) is 4.31 Å². The Morgan fingerprint density at radius 3 is 2.25 bits per heavy atom. The number of rotatable bonds is 6. The number of hydrogen-bond acceptors (Lipinski definition) is 4.